The van der Waals surface area contributed by atoms with Crippen LogP contribution in [0.1, 0.15) is 6.42 Å². The van der Waals surface area contributed by atoms with Gasteiger partial charge in [-0.25, -0.2) is 0 Å². The monoisotopic (exact) mass is 145 g/mol. The predicted molar refractivity (Wildman–Crippen MR) is 38.9 cm³/mol. The van der Waals surface area contributed by atoms with Gasteiger partial charge in [-0.3, -0.25) is 0 Å². The summed E-state index contributed by atoms with van der Waals surface area (Å²) in [7, 11) is 3.97. The second kappa shape index (κ2) is 3.32. The molecule has 2 atom stereocenters. The molecule has 0 aromatic heterocycles. The molecular weight excluding hydrogens is 130 g/mol. The average Bonchev–Trinajstić information content (AvgIpc) is 1.88. The third-order valence-corrected chi connectivity index (χ3v) is 1.95. The fraction of sp³-hybridized carbons (Fsp3) is 1.00. The lowest BCUT2D eigenvalue weighted by Gasteiger charge is -2.32. The fourth-order valence-corrected chi connectivity index (χ4v) is 1.31. The van der Waals surface area contributed by atoms with Crippen molar-refractivity contribution >= 4 is 0 Å². The maximum Gasteiger partial charge on any atom is 0.0928 e. The number of hydrogen-bond donors (Lipinski definition) is 1. The first-order valence-corrected chi connectivity index (χ1v) is 3.64. The lowest BCUT2D eigenvalue weighted by atomic mass is 10.1. The summed E-state index contributed by atoms with van der Waals surface area (Å²) >= 11 is 0. The third kappa shape index (κ3) is 1.68. The Hall–Kier alpha value is -0.120. The Bertz CT molecular complexity index is 106. The summed E-state index contributed by atoms with van der Waals surface area (Å²) in [4.78, 5) is 2.05. The molecule has 1 N–H and O–H groups in total. The summed E-state index contributed by atoms with van der Waals surface area (Å²) in [6.45, 7) is 1.27. The van der Waals surface area contributed by atoms with Crippen molar-refractivity contribution in [1.29, 1.82) is 0 Å². The maximum absolute atomic E-state index is 9.37. The molecule has 1 aliphatic rings. The molecule has 0 saturated carbocycles. The summed E-state index contributed by atoms with van der Waals surface area (Å²) in [6.07, 6.45) is 0.637. The zero-order chi connectivity index (χ0) is 7.56. The van der Waals surface area contributed by atoms with Crippen LogP contribution in [0.2, 0.25) is 0 Å². The molecule has 3 nitrogen and oxygen atoms in total. The van der Waals surface area contributed by atoms with Crippen molar-refractivity contribution in [2.24, 2.45) is 0 Å². The highest BCUT2D eigenvalue weighted by Crippen LogP contribution is 2.11. The molecule has 0 unspecified atom stereocenters. The summed E-state index contributed by atoms with van der Waals surface area (Å²) in [5.74, 6) is 0. The van der Waals surface area contributed by atoms with Crippen LogP contribution in [-0.2, 0) is 4.74 Å². The molecule has 60 valence electrons. The normalized spacial score (nSPS) is 34.8. The number of likely N-dealkylation sites (N-methyl/N-ethyl adjacent to an activating group) is 1. The number of aliphatic hydroxyl groups excluding tert-OH is 1. The minimum absolute atomic E-state index is 0.286. The van der Waals surface area contributed by atoms with E-state index in [9.17, 15) is 5.11 Å². The largest absolute Gasteiger partial charge is 0.389 e. The summed E-state index contributed by atoms with van der Waals surface area (Å²) in [6, 6.07) is 0.286. The quantitative estimate of drug-likeness (QED) is 0.550. The summed E-state index contributed by atoms with van der Waals surface area (Å²) < 4.78 is 5.09. The van der Waals surface area contributed by atoms with Crippen LogP contribution in [0.15, 0.2) is 0 Å². The van der Waals surface area contributed by atoms with Gasteiger partial charge in [0.1, 0.15) is 0 Å². The van der Waals surface area contributed by atoms with E-state index >= 15 is 0 Å². The molecule has 10 heavy (non-hydrogen) atoms. The highest BCUT2D eigenvalue weighted by Gasteiger charge is 2.24. The molecule has 1 heterocycles. The Balaban J connectivity index is 2.40. The molecule has 0 radical (unpaired) electrons. The average molecular weight is 145 g/mol. The highest BCUT2D eigenvalue weighted by atomic mass is 16.5. The lowest BCUT2D eigenvalue weighted by Crippen LogP contribution is -2.45. The minimum atomic E-state index is -0.302. The van der Waals surface area contributed by atoms with Crippen molar-refractivity contribution in [2.75, 3.05) is 27.3 Å². The van der Waals surface area contributed by atoms with Gasteiger partial charge in [0.2, 0.25) is 0 Å². The second-order valence-electron chi connectivity index (χ2n) is 2.96. The van der Waals surface area contributed by atoms with Gasteiger partial charge in [0.15, 0.2) is 0 Å². The van der Waals surface area contributed by atoms with Crippen LogP contribution in [0.25, 0.3) is 0 Å². The van der Waals surface area contributed by atoms with Crippen LogP contribution >= 0.6 is 0 Å². The van der Waals surface area contributed by atoms with E-state index in [1.54, 1.807) is 0 Å². The first-order valence-electron chi connectivity index (χ1n) is 3.64. The molecule has 1 rings (SSSR count). The Labute approximate surface area is 61.6 Å². The molecule has 0 amide bonds. The lowest BCUT2D eigenvalue weighted by molar-refractivity contribution is -0.0532. The van der Waals surface area contributed by atoms with Gasteiger partial charge in [0.05, 0.1) is 12.7 Å². The van der Waals surface area contributed by atoms with Crippen molar-refractivity contribution in [3.05, 3.63) is 0 Å². The summed E-state index contributed by atoms with van der Waals surface area (Å²) in [5, 5.41) is 9.37. The van der Waals surface area contributed by atoms with Crippen LogP contribution in [-0.4, -0.2) is 49.5 Å². The van der Waals surface area contributed by atoms with Crippen LogP contribution in [0.3, 0.4) is 0 Å². The van der Waals surface area contributed by atoms with Crippen molar-refractivity contribution in [1.82, 2.24) is 4.90 Å². The minimum Gasteiger partial charge on any atom is -0.389 e. The fourth-order valence-electron chi connectivity index (χ4n) is 1.31. The molecule has 0 aliphatic carbocycles. The standard InChI is InChI=1S/C7H15NO2/c1-8(2)6-3-4-10-5-7(6)9/h6-7,9H,3-5H2,1-2H3/t6-,7-/m0/s1. The van der Waals surface area contributed by atoms with Gasteiger partial charge >= 0.3 is 0 Å². The van der Waals surface area contributed by atoms with Crippen LogP contribution < -0.4 is 0 Å². The van der Waals surface area contributed by atoms with E-state index in [4.69, 9.17) is 4.74 Å². The second-order valence-corrected chi connectivity index (χ2v) is 2.96. The zero-order valence-electron chi connectivity index (χ0n) is 6.58. The van der Waals surface area contributed by atoms with Gasteiger partial charge in [-0.1, -0.05) is 0 Å². The molecule has 1 aliphatic heterocycles. The Morgan fingerprint density at radius 1 is 1.50 bits per heavy atom. The Kier molecular flexibility index (Phi) is 2.65. The first-order chi connectivity index (χ1) is 4.72. The zero-order valence-corrected chi connectivity index (χ0v) is 6.58. The van der Waals surface area contributed by atoms with Crippen LogP contribution in [0.4, 0.5) is 0 Å². The van der Waals surface area contributed by atoms with Gasteiger partial charge in [-0.15, -0.1) is 0 Å². The van der Waals surface area contributed by atoms with E-state index in [-0.39, 0.29) is 12.1 Å². The van der Waals surface area contributed by atoms with E-state index in [0.29, 0.717) is 6.61 Å². The molecule has 3 heteroatoms. The van der Waals surface area contributed by atoms with Crippen molar-refractivity contribution in [2.45, 2.75) is 18.6 Å². The van der Waals surface area contributed by atoms with Crippen molar-refractivity contribution in [3.63, 3.8) is 0 Å². The smallest absolute Gasteiger partial charge is 0.0928 e. The molecular formula is C7H15NO2. The third-order valence-electron chi connectivity index (χ3n) is 1.95. The van der Waals surface area contributed by atoms with Crippen LogP contribution in [0, 0.1) is 0 Å². The van der Waals surface area contributed by atoms with E-state index in [2.05, 4.69) is 0 Å². The molecule has 0 spiro atoms. The van der Waals surface area contributed by atoms with E-state index in [0.717, 1.165) is 13.0 Å². The van der Waals surface area contributed by atoms with Crippen molar-refractivity contribution in [3.8, 4) is 0 Å². The topological polar surface area (TPSA) is 32.7 Å². The van der Waals surface area contributed by atoms with Crippen molar-refractivity contribution < 1.29 is 9.84 Å². The molecule has 0 aromatic rings. The van der Waals surface area contributed by atoms with E-state index in [1.165, 1.54) is 0 Å². The molecule has 0 bridgehead atoms. The molecule has 1 fully saturated rings. The predicted octanol–water partition coefficient (Wildman–Crippen LogP) is -0.302. The van der Waals surface area contributed by atoms with E-state index < -0.39 is 0 Å². The van der Waals surface area contributed by atoms with Gasteiger partial charge in [0, 0.05) is 12.6 Å². The van der Waals surface area contributed by atoms with E-state index in [1.807, 2.05) is 19.0 Å². The number of rotatable bonds is 1. The Morgan fingerprint density at radius 3 is 2.60 bits per heavy atom. The maximum atomic E-state index is 9.37. The van der Waals surface area contributed by atoms with Gasteiger partial charge < -0.3 is 14.7 Å². The number of hydrogen-bond acceptors (Lipinski definition) is 3. The van der Waals surface area contributed by atoms with Gasteiger partial charge in [-0.2, -0.15) is 0 Å². The molecule has 1 saturated heterocycles. The van der Waals surface area contributed by atoms with Crippen LogP contribution in [0.5, 0.6) is 0 Å². The number of ether oxygens (including phenoxy) is 1. The number of nitrogens with zero attached hydrogens (tertiary/aromatic N) is 1. The van der Waals surface area contributed by atoms with Gasteiger partial charge in [-0.05, 0) is 20.5 Å². The van der Waals surface area contributed by atoms with Gasteiger partial charge in [0.25, 0.3) is 0 Å². The number of aliphatic hydroxyl groups is 1. The highest BCUT2D eigenvalue weighted by molar-refractivity contribution is 4.78. The first kappa shape index (κ1) is 7.98. The SMILES string of the molecule is CN(C)[C@H]1CCOC[C@@H]1O. The molecule has 0 aromatic carbocycles. The summed E-state index contributed by atoms with van der Waals surface area (Å²) in [5.41, 5.74) is 0. The Morgan fingerprint density at radius 2 is 2.20 bits per heavy atom.